The van der Waals surface area contributed by atoms with Gasteiger partial charge >= 0.3 is 0 Å². The van der Waals surface area contributed by atoms with E-state index in [2.05, 4.69) is 12.2 Å². The van der Waals surface area contributed by atoms with Crippen molar-refractivity contribution < 1.29 is 4.39 Å². The first-order chi connectivity index (χ1) is 10.2. The lowest BCUT2D eigenvalue weighted by Crippen LogP contribution is -2.29. The molecule has 1 fully saturated rings. The standard InChI is InChI=1S/C18H27ClFN/c1-2-10-21-13-15-7-5-3-4-6-14(15)11-16-12-17(20)8-9-18(16)19/h8-9,12,14-15,21H,2-7,10-11,13H2,1H3. The molecule has 0 spiro atoms. The second kappa shape index (κ2) is 8.75. The Morgan fingerprint density at radius 2 is 1.95 bits per heavy atom. The maximum Gasteiger partial charge on any atom is 0.123 e. The molecule has 0 heterocycles. The molecule has 1 N–H and O–H groups in total. The molecule has 0 aliphatic heterocycles. The van der Waals surface area contributed by atoms with Crippen molar-refractivity contribution >= 4 is 11.6 Å². The third kappa shape index (κ3) is 5.27. The molecule has 2 unspecified atom stereocenters. The van der Waals surface area contributed by atoms with Gasteiger partial charge in [-0.25, -0.2) is 4.39 Å². The Labute approximate surface area is 133 Å². The number of halogens is 2. The van der Waals surface area contributed by atoms with Crippen LogP contribution in [0.5, 0.6) is 0 Å². The quantitative estimate of drug-likeness (QED) is 0.561. The van der Waals surface area contributed by atoms with Gasteiger partial charge in [0.1, 0.15) is 5.82 Å². The predicted octanol–water partition coefficient (Wildman–Crippen LogP) is 5.22. The van der Waals surface area contributed by atoms with Gasteiger partial charge in [-0.1, -0.05) is 37.8 Å². The van der Waals surface area contributed by atoms with E-state index in [4.69, 9.17) is 11.6 Å². The summed E-state index contributed by atoms with van der Waals surface area (Å²) in [6.07, 6.45) is 8.56. The van der Waals surface area contributed by atoms with Crippen molar-refractivity contribution in [3.05, 3.63) is 34.6 Å². The molecule has 0 bridgehead atoms. The summed E-state index contributed by atoms with van der Waals surface area (Å²) in [4.78, 5) is 0. The zero-order chi connectivity index (χ0) is 15.1. The molecule has 2 rings (SSSR count). The topological polar surface area (TPSA) is 12.0 Å². The highest BCUT2D eigenvalue weighted by atomic mass is 35.5. The molecule has 1 nitrogen and oxygen atoms in total. The molecule has 0 aromatic heterocycles. The van der Waals surface area contributed by atoms with Gasteiger partial charge in [0.05, 0.1) is 0 Å². The average molecular weight is 312 g/mol. The largest absolute Gasteiger partial charge is 0.316 e. The Balaban J connectivity index is 2.03. The van der Waals surface area contributed by atoms with E-state index in [1.165, 1.54) is 44.6 Å². The minimum Gasteiger partial charge on any atom is -0.316 e. The van der Waals surface area contributed by atoms with Crippen LogP contribution in [0.4, 0.5) is 4.39 Å². The van der Waals surface area contributed by atoms with E-state index in [0.29, 0.717) is 16.9 Å². The predicted molar refractivity (Wildman–Crippen MR) is 88.3 cm³/mol. The highest BCUT2D eigenvalue weighted by molar-refractivity contribution is 6.31. The maximum atomic E-state index is 13.5. The number of hydrogen-bond donors (Lipinski definition) is 1. The fourth-order valence-corrected chi connectivity index (χ4v) is 3.64. The van der Waals surface area contributed by atoms with Crippen LogP contribution in [0.15, 0.2) is 18.2 Å². The van der Waals surface area contributed by atoms with Gasteiger partial charge in [0.2, 0.25) is 0 Å². The summed E-state index contributed by atoms with van der Waals surface area (Å²) in [6.45, 7) is 4.37. The van der Waals surface area contributed by atoms with Crippen LogP contribution in [0.3, 0.4) is 0 Å². The van der Waals surface area contributed by atoms with Crippen LogP contribution < -0.4 is 5.32 Å². The van der Waals surface area contributed by atoms with Crippen molar-refractivity contribution in [2.75, 3.05) is 13.1 Å². The van der Waals surface area contributed by atoms with Crippen LogP contribution in [0.2, 0.25) is 5.02 Å². The van der Waals surface area contributed by atoms with Crippen LogP contribution in [-0.4, -0.2) is 13.1 Å². The molecule has 1 aliphatic carbocycles. The van der Waals surface area contributed by atoms with E-state index in [-0.39, 0.29) is 5.82 Å². The van der Waals surface area contributed by atoms with Crippen LogP contribution in [-0.2, 0) is 6.42 Å². The molecule has 118 valence electrons. The zero-order valence-corrected chi connectivity index (χ0v) is 13.8. The van der Waals surface area contributed by atoms with Gasteiger partial charge in [0, 0.05) is 5.02 Å². The van der Waals surface area contributed by atoms with E-state index in [1.807, 2.05) is 0 Å². The van der Waals surface area contributed by atoms with Crippen molar-refractivity contribution in [1.82, 2.24) is 5.32 Å². The molecule has 3 heteroatoms. The zero-order valence-electron chi connectivity index (χ0n) is 13.0. The smallest absolute Gasteiger partial charge is 0.123 e. The highest BCUT2D eigenvalue weighted by Crippen LogP contribution is 2.33. The van der Waals surface area contributed by atoms with Crippen LogP contribution >= 0.6 is 11.6 Å². The lowest BCUT2D eigenvalue weighted by molar-refractivity contribution is 0.298. The van der Waals surface area contributed by atoms with Crippen molar-refractivity contribution in [3.8, 4) is 0 Å². The first kappa shape index (κ1) is 16.8. The monoisotopic (exact) mass is 311 g/mol. The second-order valence-corrected chi connectivity index (χ2v) is 6.71. The Kier molecular flexibility index (Phi) is 6.98. The lowest BCUT2D eigenvalue weighted by atomic mass is 9.83. The average Bonchev–Trinajstić information content (AvgIpc) is 2.69. The highest BCUT2D eigenvalue weighted by Gasteiger charge is 2.24. The minimum absolute atomic E-state index is 0.177. The first-order valence-electron chi connectivity index (χ1n) is 8.35. The first-order valence-corrected chi connectivity index (χ1v) is 8.73. The Bertz CT molecular complexity index is 435. The van der Waals surface area contributed by atoms with Gasteiger partial charge in [-0.05, 0) is 74.4 Å². The van der Waals surface area contributed by atoms with Crippen molar-refractivity contribution in [3.63, 3.8) is 0 Å². The van der Waals surface area contributed by atoms with Crippen LogP contribution in [0, 0.1) is 17.7 Å². The Morgan fingerprint density at radius 1 is 1.19 bits per heavy atom. The van der Waals surface area contributed by atoms with Crippen molar-refractivity contribution in [2.24, 2.45) is 11.8 Å². The van der Waals surface area contributed by atoms with Crippen LogP contribution in [0.25, 0.3) is 0 Å². The van der Waals surface area contributed by atoms with E-state index < -0.39 is 0 Å². The van der Waals surface area contributed by atoms with Crippen molar-refractivity contribution in [2.45, 2.75) is 51.9 Å². The second-order valence-electron chi connectivity index (χ2n) is 6.30. The van der Waals surface area contributed by atoms with E-state index in [1.54, 1.807) is 12.1 Å². The molecule has 1 aromatic rings. The van der Waals surface area contributed by atoms with Gasteiger partial charge in [-0.2, -0.15) is 0 Å². The summed E-state index contributed by atoms with van der Waals surface area (Å²) < 4.78 is 13.5. The van der Waals surface area contributed by atoms with E-state index in [0.717, 1.165) is 25.1 Å². The van der Waals surface area contributed by atoms with Gasteiger partial charge < -0.3 is 5.32 Å². The molecule has 1 aromatic carbocycles. The number of nitrogens with one attached hydrogen (secondary N) is 1. The number of hydrogen-bond acceptors (Lipinski definition) is 1. The SMILES string of the molecule is CCCNCC1CCCCCC1Cc1cc(F)ccc1Cl. The summed E-state index contributed by atoms with van der Waals surface area (Å²) >= 11 is 6.25. The molecule has 21 heavy (non-hydrogen) atoms. The Hall–Kier alpha value is -0.600. The maximum absolute atomic E-state index is 13.5. The normalized spacial score (nSPS) is 23.0. The summed E-state index contributed by atoms with van der Waals surface area (Å²) in [6, 6.07) is 4.75. The Morgan fingerprint density at radius 3 is 2.71 bits per heavy atom. The summed E-state index contributed by atoms with van der Waals surface area (Å²) in [5, 5.41) is 4.28. The molecule has 2 atom stereocenters. The van der Waals surface area contributed by atoms with E-state index >= 15 is 0 Å². The third-order valence-corrected chi connectivity index (χ3v) is 5.01. The molecule has 1 aliphatic rings. The number of rotatable bonds is 6. The van der Waals surface area contributed by atoms with Gasteiger partial charge in [0.25, 0.3) is 0 Å². The van der Waals surface area contributed by atoms with Crippen molar-refractivity contribution in [1.29, 1.82) is 0 Å². The molecule has 1 saturated carbocycles. The molecular formula is C18H27ClFN. The number of benzene rings is 1. The summed E-state index contributed by atoms with van der Waals surface area (Å²) in [7, 11) is 0. The van der Waals surface area contributed by atoms with E-state index in [9.17, 15) is 4.39 Å². The molecular weight excluding hydrogens is 285 g/mol. The molecule has 0 amide bonds. The third-order valence-electron chi connectivity index (χ3n) is 4.64. The minimum atomic E-state index is -0.177. The lowest BCUT2D eigenvalue weighted by Gasteiger charge is -2.26. The fourth-order valence-electron chi connectivity index (χ4n) is 3.45. The molecule has 0 saturated heterocycles. The summed E-state index contributed by atoms with van der Waals surface area (Å²) in [5.41, 5.74) is 0.976. The summed E-state index contributed by atoms with van der Waals surface area (Å²) in [5.74, 6) is 1.14. The molecule has 0 radical (unpaired) electrons. The van der Waals surface area contributed by atoms with Gasteiger partial charge in [0.15, 0.2) is 0 Å². The van der Waals surface area contributed by atoms with Gasteiger partial charge in [-0.3, -0.25) is 0 Å². The van der Waals surface area contributed by atoms with Crippen LogP contribution in [0.1, 0.15) is 51.0 Å². The van der Waals surface area contributed by atoms with Gasteiger partial charge in [-0.15, -0.1) is 0 Å². The fraction of sp³-hybridized carbons (Fsp3) is 0.667.